The topological polar surface area (TPSA) is 74.8 Å². The number of morpholine rings is 1. The molecule has 1 unspecified atom stereocenters. The van der Waals surface area contributed by atoms with Crippen molar-refractivity contribution in [3.63, 3.8) is 0 Å². The van der Waals surface area contributed by atoms with E-state index >= 15 is 0 Å². The number of hydrogen-bond acceptors (Lipinski definition) is 5. The van der Waals surface area contributed by atoms with Crippen LogP contribution in [0.4, 0.5) is 5.82 Å². The number of amides is 2. The van der Waals surface area contributed by atoms with Crippen molar-refractivity contribution in [2.45, 2.75) is 26.3 Å². The maximum absolute atomic E-state index is 13.2. The molecule has 2 aliphatic rings. The minimum absolute atomic E-state index is 0.0232. The van der Waals surface area contributed by atoms with E-state index in [0.717, 1.165) is 51.4 Å². The molecule has 0 radical (unpaired) electrons. The van der Waals surface area contributed by atoms with Gasteiger partial charge in [0.05, 0.1) is 24.3 Å². The number of ether oxygens (including phenoxy) is 1. The Kier molecular flexibility index (Phi) is 6.63. The Balaban J connectivity index is 1.40. The molecule has 0 spiro atoms. The number of carbonyl (C=O) groups is 2. The molecule has 2 aromatic rings. The molecule has 2 aliphatic heterocycles. The minimum Gasteiger partial charge on any atom is -0.379 e. The SMILES string of the molecule is CC1(C(=O)Nc2cccc(CN3CCOCC3)n2)CCCN(C(=O)c2ccccc2)C1. The van der Waals surface area contributed by atoms with E-state index in [0.29, 0.717) is 24.5 Å². The summed E-state index contributed by atoms with van der Waals surface area (Å²) in [4.78, 5) is 34.8. The van der Waals surface area contributed by atoms with E-state index in [1.54, 1.807) is 4.90 Å². The average Bonchev–Trinajstić information content (AvgIpc) is 2.80. The molecule has 1 aromatic carbocycles. The van der Waals surface area contributed by atoms with Gasteiger partial charge in [-0.1, -0.05) is 24.3 Å². The van der Waals surface area contributed by atoms with Gasteiger partial charge in [0.15, 0.2) is 0 Å². The molecule has 3 heterocycles. The number of anilines is 1. The summed E-state index contributed by atoms with van der Waals surface area (Å²) in [5.74, 6) is 0.447. The quantitative estimate of drug-likeness (QED) is 0.802. The summed E-state index contributed by atoms with van der Waals surface area (Å²) in [6, 6.07) is 15.0. The lowest BCUT2D eigenvalue weighted by molar-refractivity contribution is -0.127. The van der Waals surface area contributed by atoms with Crippen LogP contribution in [0.15, 0.2) is 48.5 Å². The van der Waals surface area contributed by atoms with Gasteiger partial charge in [0.1, 0.15) is 5.82 Å². The first kappa shape index (κ1) is 21.5. The van der Waals surface area contributed by atoms with E-state index in [4.69, 9.17) is 4.74 Å². The van der Waals surface area contributed by atoms with Crippen molar-refractivity contribution in [1.29, 1.82) is 0 Å². The summed E-state index contributed by atoms with van der Waals surface area (Å²) >= 11 is 0. The van der Waals surface area contributed by atoms with E-state index in [1.165, 1.54) is 0 Å². The molecule has 31 heavy (non-hydrogen) atoms. The summed E-state index contributed by atoms with van der Waals surface area (Å²) in [5, 5.41) is 3.00. The van der Waals surface area contributed by atoms with Crippen molar-refractivity contribution < 1.29 is 14.3 Å². The number of aromatic nitrogens is 1. The number of nitrogens with one attached hydrogen (secondary N) is 1. The zero-order chi connectivity index (χ0) is 21.7. The van der Waals surface area contributed by atoms with Gasteiger partial charge in [-0.3, -0.25) is 14.5 Å². The zero-order valence-electron chi connectivity index (χ0n) is 18.0. The van der Waals surface area contributed by atoms with Gasteiger partial charge in [0, 0.05) is 38.3 Å². The number of piperidine rings is 1. The largest absolute Gasteiger partial charge is 0.379 e. The molecule has 4 rings (SSSR count). The molecule has 7 heteroatoms. The summed E-state index contributed by atoms with van der Waals surface area (Å²) in [6.07, 6.45) is 1.54. The molecular formula is C24H30N4O3. The van der Waals surface area contributed by atoms with Crippen molar-refractivity contribution in [1.82, 2.24) is 14.8 Å². The minimum atomic E-state index is -0.648. The van der Waals surface area contributed by atoms with Gasteiger partial charge in [-0.25, -0.2) is 4.98 Å². The summed E-state index contributed by atoms with van der Waals surface area (Å²) < 4.78 is 5.40. The van der Waals surface area contributed by atoms with Gasteiger partial charge in [-0.15, -0.1) is 0 Å². The number of carbonyl (C=O) groups excluding carboxylic acids is 2. The fraction of sp³-hybridized carbons (Fsp3) is 0.458. The van der Waals surface area contributed by atoms with Gasteiger partial charge in [-0.2, -0.15) is 0 Å². The predicted molar refractivity (Wildman–Crippen MR) is 119 cm³/mol. The summed E-state index contributed by atoms with van der Waals surface area (Å²) in [5.41, 5.74) is 0.934. The van der Waals surface area contributed by atoms with Gasteiger partial charge < -0.3 is 15.0 Å². The molecule has 7 nitrogen and oxygen atoms in total. The van der Waals surface area contributed by atoms with Crippen LogP contribution in [0.2, 0.25) is 0 Å². The summed E-state index contributed by atoms with van der Waals surface area (Å²) in [6.45, 7) is 7.02. The highest BCUT2D eigenvalue weighted by Crippen LogP contribution is 2.31. The molecule has 2 amide bonds. The van der Waals surface area contributed by atoms with Crippen LogP contribution in [0.25, 0.3) is 0 Å². The third kappa shape index (κ3) is 5.29. The maximum Gasteiger partial charge on any atom is 0.253 e. The van der Waals surface area contributed by atoms with Crippen LogP contribution in [0, 0.1) is 5.41 Å². The normalized spacial score (nSPS) is 22.2. The van der Waals surface area contributed by atoms with Gasteiger partial charge in [-0.05, 0) is 44.0 Å². The lowest BCUT2D eigenvalue weighted by Gasteiger charge is -2.39. The van der Waals surface area contributed by atoms with Crippen LogP contribution in [0.1, 0.15) is 35.8 Å². The highest BCUT2D eigenvalue weighted by atomic mass is 16.5. The van der Waals surface area contributed by atoms with Crippen LogP contribution >= 0.6 is 0 Å². The van der Waals surface area contributed by atoms with Gasteiger partial charge >= 0.3 is 0 Å². The number of likely N-dealkylation sites (tertiary alicyclic amines) is 1. The van der Waals surface area contributed by atoms with Crippen molar-refractivity contribution >= 4 is 17.6 Å². The Hall–Kier alpha value is -2.77. The Morgan fingerprint density at radius 2 is 1.84 bits per heavy atom. The first-order valence-electron chi connectivity index (χ1n) is 11.0. The number of pyridine rings is 1. The second-order valence-electron chi connectivity index (χ2n) is 8.61. The fourth-order valence-electron chi connectivity index (χ4n) is 4.25. The van der Waals surface area contributed by atoms with Crippen molar-refractivity contribution in [3.05, 3.63) is 59.8 Å². The average molecular weight is 423 g/mol. The van der Waals surface area contributed by atoms with Gasteiger partial charge in [0.2, 0.25) is 5.91 Å². The first-order valence-corrected chi connectivity index (χ1v) is 11.0. The number of benzene rings is 1. The van der Waals surface area contributed by atoms with Crippen molar-refractivity contribution in [3.8, 4) is 0 Å². The van der Waals surface area contributed by atoms with Gasteiger partial charge in [0.25, 0.3) is 5.91 Å². The van der Waals surface area contributed by atoms with E-state index in [1.807, 2.05) is 55.5 Å². The van der Waals surface area contributed by atoms with Crippen LogP contribution in [-0.4, -0.2) is 66.0 Å². The Morgan fingerprint density at radius 3 is 2.61 bits per heavy atom. The lowest BCUT2D eigenvalue weighted by atomic mass is 9.80. The molecule has 1 N–H and O–H groups in total. The van der Waals surface area contributed by atoms with Crippen molar-refractivity contribution in [2.24, 2.45) is 5.41 Å². The van der Waals surface area contributed by atoms with Crippen molar-refractivity contribution in [2.75, 3.05) is 44.7 Å². The number of nitrogens with zero attached hydrogens (tertiary/aromatic N) is 3. The first-order chi connectivity index (χ1) is 15.0. The van der Waals surface area contributed by atoms with E-state index in [2.05, 4.69) is 15.2 Å². The fourth-order valence-corrected chi connectivity index (χ4v) is 4.25. The van der Waals surface area contributed by atoms with Crippen LogP contribution < -0.4 is 5.32 Å². The highest BCUT2D eigenvalue weighted by Gasteiger charge is 2.39. The molecule has 0 bridgehead atoms. The Bertz CT molecular complexity index is 914. The predicted octanol–water partition coefficient (Wildman–Crippen LogP) is 2.79. The van der Waals surface area contributed by atoms with E-state index in [-0.39, 0.29) is 11.8 Å². The lowest BCUT2D eigenvalue weighted by Crippen LogP contribution is -2.50. The molecule has 2 saturated heterocycles. The molecule has 0 aliphatic carbocycles. The molecule has 1 atom stereocenters. The maximum atomic E-state index is 13.2. The monoisotopic (exact) mass is 422 g/mol. The molecule has 164 valence electrons. The van der Waals surface area contributed by atoms with Crippen LogP contribution in [0.5, 0.6) is 0 Å². The third-order valence-corrected chi connectivity index (χ3v) is 6.09. The number of rotatable bonds is 5. The molecule has 1 aromatic heterocycles. The van der Waals surface area contributed by atoms with E-state index in [9.17, 15) is 9.59 Å². The second-order valence-corrected chi connectivity index (χ2v) is 8.61. The Morgan fingerprint density at radius 1 is 1.06 bits per heavy atom. The zero-order valence-corrected chi connectivity index (χ0v) is 18.0. The smallest absolute Gasteiger partial charge is 0.253 e. The molecular weight excluding hydrogens is 392 g/mol. The second kappa shape index (κ2) is 9.58. The highest BCUT2D eigenvalue weighted by molar-refractivity contribution is 5.97. The third-order valence-electron chi connectivity index (χ3n) is 6.09. The van der Waals surface area contributed by atoms with Crippen LogP contribution in [-0.2, 0) is 16.1 Å². The standard InChI is InChI=1S/C24H30N4O3/c1-24(11-6-12-28(18-24)22(29)19-7-3-2-4-8-19)23(30)26-21-10-5-9-20(25-21)17-27-13-15-31-16-14-27/h2-5,7-10H,6,11-18H2,1H3,(H,25,26,30). The van der Waals surface area contributed by atoms with Crippen LogP contribution in [0.3, 0.4) is 0 Å². The molecule has 2 fully saturated rings. The number of hydrogen-bond donors (Lipinski definition) is 1. The molecule has 0 saturated carbocycles. The summed E-state index contributed by atoms with van der Waals surface area (Å²) in [7, 11) is 0. The van der Waals surface area contributed by atoms with E-state index < -0.39 is 5.41 Å². The Labute approximate surface area is 183 Å².